The maximum absolute atomic E-state index is 5.61. The summed E-state index contributed by atoms with van der Waals surface area (Å²) in [6.07, 6.45) is 4.92. The van der Waals surface area contributed by atoms with E-state index in [0.717, 1.165) is 24.2 Å². The van der Waals surface area contributed by atoms with Gasteiger partial charge in [0.1, 0.15) is 5.52 Å². The number of rotatable bonds is 4. The average Bonchev–Trinajstić information content (AvgIpc) is 3.37. The SMILES string of the molecule is Cc1nc2cc(-c3cccc4c3ccn4CCN3CCCC3)ccc2o1. The second kappa shape index (κ2) is 6.29. The number of oxazole rings is 1. The first kappa shape index (κ1) is 15.6. The second-order valence-electron chi connectivity index (χ2n) is 7.21. The molecule has 0 amide bonds. The Kier molecular flexibility index (Phi) is 3.79. The summed E-state index contributed by atoms with van der Waals surface area (Å²) in [5.41, 5.74) is 5.52. The molecule has 26 heavy (non-hydrogen) atoms. The Labute approximate surface area is 153 Å². The van der Waals surface area contributed by atoms with E-state index in [4.69, 9.17) is 4.42 Å². The third kappa shape index (κ3) is 2.71. The fourth-order valence-corrected chi connectivity index (χ4v) is 4.14. The maximum atomic E-state index is 5.61. The third-order valence-electron chi connectivity index (χ3n) is 5.48. The summed E-state index contributed by atoms with van der Waals surface area (Å²) in [5, 5.41) is 1.30. The number of nitrogens with zero attached hydrogens (tertiary/aromatic N) is 3. The Morgan fingerprint density at radius 3 is 2.81 bits per heavy atom. The van der Waals surface area contributed by atoms with Crippen LogP contribution in [0.5, 0.6) is 0 Å². The average molecular weight is 345 g/mol. The Hall–Kier alpha value is -2.59. The van der Waals surface area contributed by atoms with Gasteiger partial charge in [0.25, 0.3) is 0 Å². The lowest BCUT2D eigenvalue weighted by molar-refractivity contribution is 0.324. The fourth-order valence-electron chi connectivity index (χ4n) is 4.14. The van der Waals surface area contributed by atoms with Crippen LogP contribution in [-0.4, -0.2) is 34.1 Å². The summed E-state index contributed by atoms with van der Waals surface area (Å²) in [6, 6.07) is 15.1. The van der Waals surface area contributed by atoms with Gasteiger partial charge >= 0.3 is 0 Å². The molecule has 0 radical (unpaired) electrons. The molecule has 0 atom stereocenters. The van der Waals surface area contributed by atoms with Crippen molar-refractivity contribution in [3.05, 3.63) is 54.6 Å². The molecule has 1 saturated heterocycles. The van der Waals surface area contributed by atoms with E-state index < -0.39 is 0 Å². The predicted octanol–water partition coefficient (Wildman–Crippen LogP) is 4.85. The van der Waals surface area contributed by atoms with Crippen LogP contribution in [0.4, 0.5) is 0 Å². The minimum absolute atomic E-state index is 0.712. The van der Waals surface area contributed by atoms with Crippen LogP contribution in [0.2, 0.25) is 0 Å². The van der Waals surface area contributed by atoms with Crippen LogP contribution >= 0.6 is 0 Å². The van der Waals surface area contributed by atoms with Crippen molar-refractivity contribution in [2.45, 2.75) is 26.3 Å². The molecule has 0 saturated carbocycles. The lowest BCUT2D eigenvalue weighted by Crippen LogP contribution is -2.23. The van der Waals surface area contributed by atoms with Crippen molar-refractivity contribution >= 4 is 22.0 Å². The van der Waals surface area contributed by atoms with Crippen LogP contribution in [0.1, 0.15) is 18.7 Å². The molecule has 0 unspecified atom stereocenters. The zero-order valence-electron chi connectivity index (χ0n) is 15.1. The number of benzene rings is 2. The summed E-state index contributed by atoms with van der Waals surface area (Å²) < 4.78 is 8.00. The molecule has 1 fully saturated rings. The molecule has 0 spiro atoms. The van der Waals surface area contributed by atoms with Crippen LogP contribution in [0.25, 0.3) is 33.1 Å². The standard InChI is InChI=1S/C22H23N3O/c1-16-23-20-15-17(7-8-22(20)26-16)18-5-4-6-21-19(18)9-12-25(21)14-13-24-10-2-3-11-24/h4-9,12,15H,2-3,10-11,13-14H2,1H3. The third-order valence-corrected chi connectivity index (χ3v) is 5.48. The molecular weight excluding hydrogens is 322 g/mol. The van der Waals surface area contributed by atoms with E-state index in [0.29, 0.717) is 5.89 Å². The number of fused-ring (bicyclic) bond motifs is 2. The van der Waals surface area contributed by atoms with Crippen molar-refractivity contribution < 1.29 is 4.42 Å². The zero-order valence-corrected chi connectivity index (χ0v) is 15.1. The molecule has 2 aromatic heterocycles. The van der Waals surface area contributed by atoms with Gasteiger partial charge < -0.3 is 13.9 Å². The van der Waals surface area contributed by atoms with Crippen molar-refractivity contribution in [3.63, 3.8) is 0 Å². The topological polar surface area (TPSA) is 34.2 Å². The first-order chi connectivity index (χ1) is 12.8. The van der Waals surface area contributed by atoms with Crippen LogP contribution in [-0.2, 0) is 6.54 Å². The number of hydrogen-bond acceptors (Lipinski definition) is 3. The smallest absolute Gasteiger partial charge is 0.192 e. The molecule has 2 aromatic carbocycles. The molecule has 1 aliphatic rings. The van der Waals surface area contributed by atoms with Gasteiger partial charge in [0, 0.05) is 37.1 Å². The Morgan fingerprint density at radius 1 is 1.04 bits per heavy atom. The number of aromatic nitrogens is 2. The quantitative estimate of drug-likeness (QED) is 0.530. The van der Waals surface area contributed by atoms with Gasteiger partial charge in [-0.05, 0) is 61.3 Å². The van der Waals surface area contributed by atoms with Gasteiger partial charge in [0.15, 0.2) is 11.5 Å². The van der Waals surface area contributed by atoms with Crippen LogP contribution in [0.3, 0.4) is 0 Å². The molecule has 3 heterocycles. The number of aryl methyl sites for hydroxylation is 1. The highest BCUT2D eigenvalue weighted by Gasteiger charge is 2.13. The van der Waals surface area contributed by atoms with Gasteiger partial charge in [-0.15, -0.1) is 0 Å². The largest absolute Gasteiger partial charge is 0.441 e. The van der Waals surface area contributed by atoms with Crippen molar-refractivity contribution in [3.8, 4) is 11.1 Å². The van der Waals surface area contributed by atoms with Crippen molar-refractivity contribution in [2.75, 3.05) is 19.6 Å². The van der Waals surface area contributed by atoms with E-state index in [1.54, 1.807) is 0 Å². The van der Waals surface area contributed by atoms with E-state index in [1.165, 1.54) is 48.0 Å². The molecule has 0 bridgehead atoms. The van der Waals surface area contributed by atoms with Gasteiger partial charge in [-0.2, -0.15) is 0 Å². The lowest BCUT2D eigenvalue weighted by Gasteiger charge is -2.15. The van der Waals surface area contributed by atoms with Gasteiger partial charge in [-0.1, -0.05) is 18.2 Å². The first-order valence-corrected chi connectivity index (χ1v) is 9.46. The summed E-state index contributed by atoms with van der Waals surface area (Å²) in [6.45, 7) is 6.58. The molecule has 4 aromatic rings. The van der Waals surface area contributed by atoms with E-state index in [-0.39, 0.29) is 0 Å². The van der Waals surface area contributed by atoms with Crippen LogP contribution < -0.4 is 0 Å². The van der Waals surface area contributed by atoms with Gasteiger partial charge in [0.2, 0.25) is 0 Å². The van der Waals surface area contributed by atoms with E-state index in [2.05, 4.69) is 57.0 Å². The van der Waals surface area contributed by atoms with Gasteiger partial charge in [0.05, 0.1) is 0 Å². The molecule has 0 N–H and O–H groups in total. The molecule has 5 rings (SSSR count). The van der Waals surface area contributed by atoms with E-state index in [1.807, 2.05) is 13.0 Å². The van der Waals surface area contributed by atoms with Crippen molar-refractivity contribution in [1.82, 2.24) is 14.5 Å². The summed E-state index contributed by atoms with van der Waals surface area (Å²) in [7, 11) is 0. The monoisotopic (exact) mass is 345 g/mol. The van der Waals surface area contributed by atoms with E-state index >= 15 is 0 Å². The first-order valence-electron chi connectivity index (χ1n) is 9.46. The van der Waals surface area contributed by atoms with Crippen molar-refractivity contribution in [2.24, 2.45) is 0 Å². The highest BCUT2D eigenvalue weighted by molar-refractivity contribution is 5.97. The fraction of sp³-hybridized carbons (Fsp3) is 0.318. The highest BCUT2D eigenvalue weighted by Crippen LogP contribution is 2.31. The predicted molar refractivity (Wildman–Crippen MR) is 105 cm³/mol. The highest BCUT2D eigenvalue weighted by atomic mass is 16.3. The van der Waals surface area contributed by atoms with Crippen LogP contribution in [0, 0.1) is 6.92 Å². The van der Waals surface area contributed by atoms with Gasteiger partial charge in [-0.25, -0.2) is 4.98 Å². The Bertz CT molecular complexity index is 1070. The zero-order chi connectivity index (χ0) is 17.5. The van der Waals surface area contributed by atoms with Crippen LogP contribution in [0.15, 0.2) is 53.1 Å². The molecule has 4 nitrogen and oxygen atoms in total. The van der Waals surface area contributed by atoms with Crippen molar-refractivity contribution in [1.29, 1.82) is 0 Å². The second-order valence-corrected chi connectivity index (χ2v) is 7.21. The number of likely N-dealkylation sites (tertiary alicyclic amines) is 1. The maximum Gasteiger partial charge on any atom is 0.192 e. The summed E-state index contributed by atoms with van der Waals surface area (Å²) >= 11 is 0. The van der Waals surface area contributed by atoms with E-state index in [9.17, 15) is 0 Å². The lowest BCUT2D eigenvalue weighted by atomic mass is 10.0. The number of hydrogen-bond donors (Lipinski definition) is 0. The molecule has 132 valence electrons. The van der Waals surface area contributed by atoms with Gasteiger partial charge in [-0.3, -0.25) is 0 Å². The minimum Gasteiger partial charge on any atom is -0.441 e. The molecule has 4 heteroatoms. The normalized spacial score (nSPS) is 15.4. The Balaban J connectivity index is 1.51. The summed E-state index contributed by atoms with van der Waals surface area (Å²) in [5.74, 6) is 0.712. The minimum atomic E-state index is 0.712. The molecule has 0 aliphatic carbocycles. The summed E-state index contributed by atoms with van der Waals surface area (Å²) in [4.78, 5) is 7.05. The molecule has 1 aliphatic heterocycles. The Morgan fingerprint density at radius 2 is 1.92 bits per heavy atom. The molecular formula is C22H23N3O.